The van der Waals surface area contributed by atoms with Gasteiger partial charge >= 0.3 is 12.0 Å². The molecule has 0 spiro atoms. The van der Waals surface area contributed by atoms with Crippen LogP contribution >= 0.6 is 11.6 Å². The number of nitrogens with zero attached hydrogens (tertiary/aromatic N) is 1. The zero-order chi connectivity index (χ0) is 31.0. The topological polar surface area (TPSA) is 124 Å². The first-order valence-corrected chi connectivity index (χ1v) is 14.5. The number of urea groups is 1. The summed E-state index contributed by atoms with van der Waals surface area (Å²) in [6.07, 6.45) is -0.214. The SMILES string of the molecule is CCOc1cc([C@@H](C)N(CCO[C@@H](C)c2ccccc2)C(=O)NC2(C(=O)O)CC(OC)C2)c(Cl)c(OCC)c1C(C)=O. The van der Waals surface area contributed by atoms with Gasteiger partial charge in [-0.15, -0.1) is 0 Å². The van der Waals surface area contributed by atoms with Gasteiger partial charge in [-0.3, -0.25) is 4.79 Å². The fourth-order valence-electron chi connectivity index (χ4n) is 5.09. The summed E-state index contributed by atoms with van der Waals surface area (Å²) in [6.45, 7) is 9.49. The van der Waals surface area contributed by atoms with Crippen LogP contribution in [-0.2, 0) is 14.3 Å². The number of benzene rings is 2. The molecule has 0 aromatic heterocycles. The third-order valence-corrected chi connectivity index (χ3v) is 7.93. The fraction of sp³-hybridized carbons (Fsp3) is 0.516. The van der Waals surface area contributed by atoms with Gasteiger partial charge in [0.25, 0.3) is 0 Å². The molecule has 42 heavy (non-hydrogen) atoms. The van der Waals surface area contributed by atoms with Crippen LogP contribution in [0.15, 0.2) is 36.4 Å². The number of carbonyl (C=O) groups is 3. The van der Waals surface area contributed by atoms with E-state index in [1.54, 1.807) is 26.8 Å². The average Bonchev–Trinajstić information content (AvgIpc) is 2.94. The Labute approximate surface area is 252 Å². The van der Waals surface area contributed by atoms with E-state index >= 15 is 0 Å². The number of carbonyl (C=O) groups excluding carboxylic acids is 2. The largest absolute Gasteiger partial charge is 0.493 e. The number of ketones is 1. The van der Waals surface area contributed by atoms with Gasteiger partial charge in [-0.2, -0.15) is 0 Å². The lowest BCUT2D eigenvalue weighted by Gasteiger charge is -2.45. The Morgan fingerprint density at radius 3 is 2.31 bits per heavy atom. The van der Waals surface area contributed by atoms with Crippen molar-refractivity contribution < 1.29 is 38.4 Å². The highest BCUT2D eigenvalue weighted by Crippen LogP contribution is 2.43. The molecular formula is C31H41ClN2O8. The average molecular weight is 605 g/mol. The molecule has 230 valence electrons. The fourth-order valence-corrected chi connectivity index (χ4v) is 5.46. The highest BCUT2D eigenvalue weighted by Gasteiger charge is 2.52. The molecule has 1 saturated carbocycles. The minimum atomic E-state index is -1.46. The van der Waals surface area contributed by atoms with Crippen LogP contribution in [0.5, 0.6) is 11.5 Å². The van der Waals surface area contributed by atoms with E-state index in [9.17, 15) is 19.5 Å². The number of rotatable bonds is 15. The Morgan fingerprint density at radius 2 is 1.76 bits per heavy atom. The maximum Gasteiger partial charge on any atom is 0.329 e. The van der Waals surface area contributed by atoms with Crippen molar-refractivity contribution in [2.75, 3.05) is 33.5 Å². The van der Waals surface area contributed by atoms with Gasteiger partial charge in [-0.1, -0.05) is 41.9 Å². The minimum Gasteiger partial charge on any atom is -0.493 e. The summed E-state index contributed by atoms with van der Waals surface area (Å²) in [7, 11) is 1.51. The second-order valence-corrected chi connectivity index (χ2v) is 10.7. The number of ether oxygens (including phenoxy) is 4. The normalized spacial score (nSPS) is 19.3. The first-order chi connectivity index (χ1) is 20.0. The predicted octanol–water partition coefficient (Wildman–Crippen LogP) is 5.82. The van der Waals surface area contributed by atoms with Crippen molar-refractivity contribution in [2.45, 2.75) is 71.2 Å². The van der Waals surface area contributed by atoms with Gasteiger partial charge in [-0.05, 0) is 46.2 Å². The van der Waals surface area contributed by atoms with Crippen LogP contribution in [0.2, 0.25) is 5.02 Å². The van der Waals surface area contributed by atoms with Gasteiger partial charge < -0.3 is 34.3 Å². The number of hydrogen-bond donors (Lipinski definition) is 2. The summed E-state index contributed by atoms with van der Waals surface area (Å²) in [5.41, 5.74) is 0.230. The summed E-state index contributed by atoms with van der Waals surface area (Å²) < 4.78 is 23.0. The van der Waals surface area contributed by atoms with Crippen LogP contribution in [0, 0.1) is 0 Å². The Balaban J connectivity index is 1.98. The number of methoxy groups -OCH3 is 1. The van der Waals surface area contributed by atoms with E-state index in [1.165, 1.54) is 18.9 Å². The molecule has 1 aliphatic carbocycles. The van der Waals surface area contributed by atoms with E-state index in [4.69, 9.17) is 30.5 Å². The molecule has 11 heteroatoms. The van der Waals surface area contributed by atoms with Gasteiger partial charge in [0.05, 0.1) is 43.1 Å². The van der Waals surface area contributed by atoms with Crippen molar-refractivity contribution in [1.82, 2.24) is 10.2 Å². The van der Waals surface area contributed by atoms with E-state index in [0.29, 0.717) is 12.2 Å². The molecule has 0 saturated heterocycles. The van der Waals surface area contributed by atoms with E-state index < -0.39 is 23.6 Å². The first-order valence-electron chi connectivity index (χ1n) is 14.1. The number of aliphatic carboxylic acids is 1. The lowest BCUT2D eigenvalue weighted by Crippen LogP contribution is -2.66. The number of hydrogen-bond acceptors (Lipinski definition) is 7. The molecule has 0 heterocycles. The summed E-state index contributed by atoms with van der Waals surface area (Å²) in [6, 6.07) is 10.0. The molecule has 2 amide bonds. The quantitative estimate of drug-likeness (QED) is 0.244. The minimum absolute atomic E-state index is 0.117. The molecule has 2 aromatic carbocycles. The molecule has 10 nitrogen and oxygen atoms in total. The molecule has 1 aliphatic rings. The molecule has 1 fully saturated rings. The second kappa shape index (κ2) is 14.7. The van der Waals surface area contributed by atoms with Crippen molar-refractivity contribution in [3.63, 3.8) is 0 Å². The zero-order valence-corrected chi connectivity index (χ0v) is 25.8. The van der Waals surface area contributed by atoms with Crippen LogP contribution in [0.1, 0.15) is 81.1 Å². The van der Waals surface area contributed by atoms with Gasteiger partial charge in [0.1, 0.15) is 16.9 Å². The second-order valence-electron chi connectivity index (χ2n) is 10.3. The van der Waals surface area contributed by atoms with Crippen molar-refractivity contribution in [3.05, 3.63) is 58.1 Å². The first kappa shape index (κ1) is 33.2. The highest BCUT2D eigenvalue weighted by molar-refractivity contribution is 6.33. The van der Waals surface area contributed by atoms with Crippen molar-refractivity contribution in [3.8, 4) is 11.5 Å². The van der Waals surface area contributed by atoms with E-state index in [-0.39, 0.29) is 72.7 Å². The molecule has 2 aromatic rings. The molecule has 0 aliphatic heterocycles. The van der Waals surface area contributed by atoms with Crippen LogP contribution in [0.3, 0.4) is 0 Å². The van der Waals surface area contributed by atoms with Crippen LogP contribution in [0.4, 0.5) is 4.79 Å². The number of Topliss-reactive ketones (excluding diaryl/α,β-unsaturated/α-hetero) is 1. The van der Waals surface area contributed by atoms with Gasteiger partial charge in [0.2, 0.25) is 0 Å². The van der Waals surface area contributed by atoms with E-state index in [1.807, 2.05) is 37.3 Å². The Bertz CT molecular complexity index is 1250. The third-order valence-electron chi connectivity index (χ3n) is 7.54. The molecular weight excluding hydrogens is 564 g/mol. The van der Waals surface area contributed by atoms with E-state index in [0.717, 1.165) is 5.56 Å². The monoisotopic (exact) mass is 604 g/mol. The Kier molecular flexibility index (Phi) is 11.6. The standard InChI is InChI=1S/C31H41ClN2O8/c1-7-40-25-16-24(27(32)28(41-8-2)26(25)20(4)35)19(3)34(14-15-42-21(5)22-12-10-9-11-13-22)30(38)33-31(29(36)37)17-23(18-31)39-6/h9-13,16,19,21,23H,7-8,14-15,17-18H2,1-6H3,(H,33,38)(H,36,37)/t19-,21+,23?,31?/m1/s1. The van der Waals surface area contributed by atoms with Gasteiger partial charge in [0.15, 0.2) is 11.5 Å². The van der Waals surface area contributed by atoms with Gasteiger partial charge in [0, 0.05) is 32.1 Å². The van der Waals surface area contributed by atoms with Crippen LogP contribution in [0.25, 0.3) is 0 Å². The number of carboxylic acids is 1. The number of amides is 2. The molecule has 3 rings (SSSR count). The lowest BCUT2D eigenvalue weighted by molar-refractivity contribution is -0.155. The molecule has 2 N–H and O–H groups in total. The molecule has 0 radical (unpaired) electrons. The summed E-state index contributed by atoms with van der Waals surface area (Å²) >= 11 is 6.84. The summed E-state index contributed by atoms with van der Waals surface area (Å²) in [5, 5.41) is 12.9. The van der Waals surface area contributed by atoms with Crippen LogP contribution in [-0.4, -0.2) is 72.9 Å². The van der Waals surface area contributed by atoms with E-state index in [2.05, 4.69) is 5.32 Å². The van der Waals surface area contributed by atoms with Crippen molar-refractivity contribution in [2.24, 2.45) is 0 Å². The maximum absolute atomic E-state index is 13.8. The summed E-state index contributed by atoms with van der Waals surface area (Å²) in [5.74, 6) is -0.940. The highest BCUT2D eigenvalue weighted by atomic mass is 35.5. The summed E-state index contributed by atoms with van der Waals surface area (Å²) in [4.78, 5) is 40.1. The van der Waals surface area contributed by atoms with Gasteiger partial charge in [-0.25, -0.2) is 9.59 Å². The number of nitrogens with one attached hydrogen (secondary N) is 1. The maximum atomic E-state index is 13.8. The van der Waals surface area contributed by atoms with Crippen molar-refractivity contribution in [1.29, 1.82) is 0 Å². The predicted molar refractivity (Wildman–Crippen MR) is 159 cm³/mol. The molecule has 0 unspecified atom stereocenters. The van der Waals surface area contributed by atoms with Crippen LogP contribution < -0.4 is 14.8 Å². The van der Waals surface area contributed by atoms with Crippen molar-refractivity contribution >= 4 is 29.4 Å². The zero-order valence-electron chi connectivity index (χ0n) is 25.1. The molecule has 0 bridgehead atoms. The Hall–Kier alpha value is -3.34. The number of carboxylic acid groups (broad SMARTS) is 1. The lowest BCUT2D eigenvalue weighted by atomic mass is 9.74. The number of halogens is 1. The smallest absolute Gasteiger partial charge is 0.329 e. The Morgan fingerprint density at radius 1 is 1.12 bits per heavy atom. The third kappa shape index (κ3) is 7.35. The molecule has 2 atom stereocenters.